The topological polar surface area (TPSA) is 211 Å². The molecule has 0 radical (unpaired) electrons. The average Bonchev–Trinajstić information content (AvgIpc) is 3.04. The van der Waals surface area contributed by atoms with Crippen molar-refractivity contribution in [2.75, 3.05) is 5.32 Å². The standard InChI is InChI=1S/C33H25N5O8S2/c1-19-14-29(38-36-27-13-10-20-15-22(11-12-24(20)33(27)40)34-21-6-3-2-4-7-21)30(39)18-28(19)37-35-23-16-26-25(32(17-23)48(44,45)46)8-5-9-31(26)47(41,42)43/h2-18,34,39-40H,1H3,(H,41,42,43)(H,44,45,46). The Morgan fingerprint density at radius 3 is 2.00 bits per heavy atom. The van der Waals surface area contributed by atoms with Crippen LogP contribution in [0, 0.1) is 6.92 Å². The van der Waals surface area contributed by atoms with E-state index >= 15 is 0 Å². The number of phenolic OH excluding ortho intramolecular Hbond substituents is 2. The third-order valence-corrected chi connectivity index (χ3v) is 9.13. The van der Waals surface area contributed by atoms with Crippen molar-refractivity contribution in [2.24, 2.45) is 20.5 Å². The number of anilines is 2. The number of phenols is 2. The van der Waals surface area contributed by atoms with Crippen LogP contribution in [-0.4, -0.2) is 36.2 Å². The molecule has 0 aliphatic heterocycles. The number of aryl methyl sites for hydroxylation is 1. The number of hydrogen-bond donors (Lipinski definition) is 5. The Kier molecular flexibility index (Phi) is 8.36. The minimum Gasteiger partial charge on any atom is -0.506 e. The van der Waals surface area contributed by atoms with Crippen LogP contribution in [0.1, 0.15) is 5.56 Å². The second-order valence-electron chi connectivity index (χ2n) is 10.6. The molecule has 0 aromatic heterocycles. The summed E-state index contributed by atoms with van der Waals surface area (Å²) in [4.78, 5) is -1.23. The SMILES string of the molecule is Cc1cc(N=Nc2ccc3cc(Nc4ccccc4)ccc3c2O)c(O)cc1N=Nc1cc(S(=O)(=O)O)c2cccc(S(=O)(=O)O)c2c1. The van der Waals surface area contributed by atoms with Crippen LogP contribution in [0.5, 0.6) is 11.5 Å². The lowest BCUT2D eigenvalue weighted by Gasteiger charge is -2.09. The van der Waals surface area contributed by atoms with Crippen LogP contribution in [0.15, 0.2) is 133 Å². The summed E-state index contributed by atoms with van der Waals surface area (Å²) in [6, 6.07) is 26.9. The van der Waals surface area contributed by atoms with E-state index in [2.05, 4.69) is 25.8 Å². The Balaban J connectivity index is 1.28. The van der Waals surface area contributed by atoms with Crippen LogP contribution in [0.25, 0.3) is 21.5 Å². The van der Waals surface area contributed by atoms with E-state index in [0.29, 0.717) is 10.9 Å². The molecule has 6 aromatic carbocycles. The maximum atomic E-state index is 12.1. The van der Waals surface area contributed by atoms with Crippen molar-refractivity contribution < 1.29 is 36.2 Å². The van der Waals surface area contributed by atoms with E-state index in [1.807, 2.05) is 42.5 Å². The van der Waals surface area contributed by atoms with Crippen molar-refractivity contribution in [3.8, 4) is 11.5 Å². The first kappa shape index (κ1) is 32.2. The number of nitrogens with one attached hydrogen (secondary N) is 1. The van der Waals surface area contributed by atoms with E-state index in [1.165, 1.54) is 30.3 Å². The molecule has 0 aliphatic carbocycles. The van der Waals surface area contributed by atoms with Gasteiger partial charge in [0.25, 0.3) is 20.2 Å². The molecule has 6 aromatic rings. The van der Waals surface area contributed by atoms with Gasteiger partial charge in [0, 0.05) is 33.6 Å². The molecule has 0 saturated carbocycles. The summed E-state index contributed by atoms with van der Waals surface area (Å²) in [7, 11) is -9.60. The van der Waals surface area contributed by atoms with Gasteiger partial charge in [0.15, 0.2) is 5.75 Å². The van der Waals surface area contributed by atoms with Crippen LogP contribution in [-0.2, 0) is 20.2 Å². The molecule has 0 fully saturated rings. The third kappa shape index (κ3) is 6.70. The van der Waals surface area contributed by atoms with Crippen LogP contribution in [0.3, 0.4) is 0 Å². The normalized spacial score (nSPS) is 12.4. The van der Waals surface area contributed by atoms with Crippen molar-refractivity contribution in [3.05, 3.63) is 109 Å². The first-order valence-corrected chi connectivity index (χ1v) is 16.9. The first-order chi connectivity index (χ1) is 22.8. The summed E-state index contributed by atoms with van der Waals surface area (Å²) in [6.45, 7) is 1.64. The van der Waals surface area contributed by atoms with Gasteiger partial charge in [-0.15, -0.1) is 10.2 Å². The summed E-state index contributed by atoms with van der Waals surface area (Å²) in [5.41, 5.74) is 2.44. The van der Waals surface area contributed by atoms with Gasteiger partial charge in [-0.05, 0) is 78.5 Å². The van der Waals surface area contributed by atoms with Gasteiger partial charge in [-0.25, -0.2) is 0 Å². The van der Waals surface area contributed by atoms with Crippen LogP contribution in [0.2, 0.25) is 0 Å². The molecule has 242 valence electrons. The van der Waals surface area contributed by atoms with Crippen LogP contribution >= 0.6 is 0 Å². The molecular weight excluding hydrogens is 659 g/mol. The monoisotopic (exact) mass is 683 g/mol. The molecule has 0 amide bonds. The van der Waals surface area contributed by atoms with Gasteiger partial charge in [0.1, 0.15) is 26.9 Å². The highest BCUT2D eigenvalue weighted by atomic mass is 32.2. The van der Waals surface area contributed by atoms with Crippen molar-refractivity contribution in [1.29, 1.82) is 0 Å². The predicted molar refractivity (Wildman–Crippen MR) is 180 cm³/mol. The number of azo groups is 2. The second kappa shape index (κ2) is 12.5. The smallest absolute Gasteiger partial charge is 0.295 e. The van der Waals surface area contributed by atoms with Gasteiger partial charge in [0.2, 0.25) is 0 Å². The van der Waals surface area contributed by atoms with Crippen LogP contribution < -0.4 is 5.32 Å². The number of hydrogen-bond acceptors (Lipinski definition) is 11. The first-order valence-electron chi connectivity index (χ1n) is 14.0. The van der Waals surface area contributed by atoms with E-state index in [4.69, 9.17) is 0 Å². The van der Waals surface area contributed by atoms with Gasteiger partial charge in [0.05, 0.1) is 11.4 Å². The maximum Gasteiger partial charge on any atom is 0.295 e. The minimum absolute atomic E-state index is 0.0607. The maximum absolute atomic E-state index is 12.1. The Morgan fingerprint density at radius 2 is 1.27 bits per heavy atom. The van der Waals surface area contributed by atoms with Gasteiger partial charge in [-0.1, -0.05) is 36.4 Å². The molecule has 48 heavy (non-hydrogen) atoms. The lowest BCUT2D eigenvalue weighted by atomic mass is 10.1. The van der Waals surface area contributed by atoms with Crippen molar-refractivity contribution in [3.63, 3.8) is 0 Å². The van der Waals surface area contributed by atoms with Crippen molar-refractivity contribution in [1.82, 2.24) is 0 Å². The number of para-hydroxylation sites is 1. The summed E-state index contributed by atoms with van der Waals surface area (Å²) in [6.07, 6.45) is 0. The zero-order valence-electron chi connectivity index (χ0n) is 24.8. The summed E-state index contributed by atoms with van der Waals surface area (Å²) < 4.78 is 67.5. The number of aromatic hydroxyl groups is 2. The quantitative estimate of drug-likeness (QED) is 0.0765. The van der Waals surface area contributed by atoms with E-state index in [1.54, 1.807) is 25.1 Å². The highest BCUT2D eigenvalue weighted by Gasteiger charge is 2.21. The molecule has 15 heteroatoms. The number of benzene rings is 6. The fourth-order valence-electron chi connectivity index (χ4n) is 5.03. The molecule has 5 N–H and O–H groups in total. The van der Waals surface area contributed by atoms with E-state index in [-0.39, 0.29) is 45.0 Å². The molecule has 0 atom stereocenters. The van der Waals surface area contributed by atoms with E-state index in [9.17, 15) is 36.2 Å². The summed E-state index contributed by atoms with van der Waals surface area (Å²) in [5.74, 6) is -0.429. The largest absolute Gasteiger partial charge is 0.506 e. The molecule has 0 bridgehead atoms. The number of nitrogens with zero attached hydrogens (tertiary/aromatic N) is 4. The van der Waals surface area contributed by atoms with Gasteiger partial charge >= 0.3 is 0 Å². The lowest BCUT2D eigenvalue weighted by Crippen LogP contribution is -2.03. The van der Waals surface area contributed by atoms with E-state index in [0.717, 1.165) is 28.9 Å². The number of fused-ring (bicyclic) bond motifs is 2. The van der Waals surface area contributed by atoms with E-state index < -0.39 is 30.0 Å². The summed E-state index contributed by atoms with van der Waals surface area (Å²) >= 11 is 0. The summed E-state index contributed by atoms with van der Waals surface area (Å²) in [5, 5.41) is 42.1. The fraction of sp³-hybridized carbons (Fsp3) is 0.0303. The van der Waals surface area contributed by atoms with Crippen molar-refractivity contribution in [2.45, 2.75) is 16.7 Å². The average molecular weight is 684 g/mol. The Morgan fingerprint density at radius 1 is 0.562 bits per heavy atom. The molecule has 0 unspecified atom stereocenters. The molecule has 0 saturated heterocycles. The molecule has 0 aliphatic rings. The molecule has 0 spiro atoms. The minimum atomic E-state index is -4.84. The molecule has 0 heterocycles. The van der Waals surface area contributed by atoms with Gasteiger partial charge in [-0.2, -0.15) is 27.1 Å². The highest BCUT2D eigenvalue weighted by Crippen LogP contribution is 2.40. The molecule has 13 nitrogen and oxygen atoms in total. The highest BCUT2D eigenvalue weighted by molar-refractivity contribution is 7.86. The number of rotatable bonds is 8. The van der Waals surface area contributed by atoms with Gasteiger partial charge in [-0.3, -0.25) is 9.11 Å². The Bertz CT molecular complexity index is 2520. The third-order valence-electron chi connectivity index (χ3n) is 7.32. The second-order valence-corrected chi connectivity index (χ2v) is 13.4. The zero-order valence-corrected chi connectivity index (χ0v) is 26.5. The zero-order chi connectivity index (χ0) is 34.2. The Hall–Kier alpha value is -5.74. The Labute approximate surface area is 274 Å². The van der Waals surface area contributed by atoms with Gasteiger partial charge < -0.3 is 15.5 Å². The van der Waals surface area contributed by atoms with Crippen LogP contribution in [0.4, 0.5) is 34.1 Å². The fourth-order valence-corrected chi connectivity index (χ4v) is 6.45. The lowest BCUT2D eigenvalue weighted by molar-refractivity contribution is 0.475. The predicted octanol–water partition coefficient (Wildman–Crippen LogP) is 8.78. The van der Waals surface area contributed by atoms with Crippen molar-refractivity contribution >= 4 is 75.9 Å². The molecular formula is C33H25N5O8S2. The molecule has 6 rings (SSSR count).